The second kappa shape index (κ2) is 6.21. The first-order valence-electron chi connectivity index (χ1n) is 6.87. The molecule has 0 saturated heterocycles. The van der Waals surface area contributed by atoms with Crippen molar-refractivity contribution in [2.75, 3.05) is 0 Å². The highest BCUT2D eigenvalue weighted by Crippen LogP contribution is 2.16. The van der Waals surface area contributed by atoms with E-state index in [4.69, 9.17) is 0 Å². The van der Waals surface area contributed by atoms with Gasteiger partial charge in [-0.25, -0.2) is 4.63 Å². The van der Waals surface area contributed by atoms with Crippen LogP contribution in [0.15, 0.2) is 41.0 Å². The van der Waals surface area contributed by atoms with Gasteiger partial charge in [0.15, 0.2) is 0 Å². The van der Waals surface area contributed by atoms with Crippen molar-refractivity contribution >= 4 is 5.91 Å². The number of hydrogen-bond donors (Lipinski definition) is 2. The Kier molecular flexibility index (Phi) is 3.95. The van der Waals surface area contributed by atoms with Gasteiger partial charge < -0.3 is 5.32 Å². The molecule has 0 aliphatic carbocycles. The molecular weight excluding hydrogens is 282 g/mol. The molecule has 22 heavy (non-hydrogen) atoms. The summed E-state index contributed by atoms with van der Waals surface area (Å²) >= 11 is 0. The summed E-state index contributed by atoms with van der Waals surface area (Å²) in [7, 11) is 0. The Morgan fingerprint density at radius 3 is 2.82 bits per heavy atom. The fourth-order valence-corrected chi connectivity index (χ4v) is 2.03. The molecule has 1 amide bonds. The SMILES string of the molecule is Cc1nonc1CC(=O)NCc1cc(-c2ccccc2)n[nH]1. The van der Waals surface area contributed by atoms with Gasteiger partial charge in [-0.2, -0.15) is 5.10 Å². The highest BCUT2D eigenvalue weighted by atomic mass is 16.6. The van der Waals surface area contributed by atoms with E-state index in [1.165, 1.54) is 0 Å². The van der Waals surface area contributed by atoms with Crippen molar-refractivity contribution in [3.8, 4) is 11.3 Å². The number of aromatic amines is 1. The molecule has 0 atom stereocenters. The quantitative estimate of drug-likeness (QED) is 0.746. The number of rotatable bonds is 5. The summed E-state index contributed by atoms with van der Waals surface area (Å²) in [4.78, 5) is 11.9. The minimum atomic E-state index is -0.144. The lowest BCUT2D eigenvalue weighted by molar-refractivity contribution is -0.120. The van der Waals surface area contributed by atoms with Crippen LogP contribution in [0.1, 0.15) is 17.1 Å². The predicted octanol–water partition coefficient (Wildman–Crippen LogP) is 1.63. The molecule has 0 bridgehead atoms. The third kappa shape index (κ3) is 3.20. The van der Waals surface area contributed by atoms with E-state index in [1.807, 2.05) is 36.4 Å². The second-order valence-corrected chi connectivity index (χ2v) is 4.89. The van der Waals surface area contributed by atoms with Crippen molar-refractivity contribution in [3.05, 3.63) is 53.5 Å². The highest BCUT2D eigenvalue weighted by Gasteiger charge is 2.11. The molecule has 112 valence electrons. The Morgan fingerprint density at radius 1 is 1.27 bits per heavy atom. The van der Waals surface area contributed by atoms with Crippen LogP contribution in [0.5, 0.6) is 0 Å². The minimum Gasteiger partial charge on any atom is -0.350 e. The van der Waals surface area contributed by atoms with Crippen LogP contribution < -0.4 is 5.32 Å². The number of benzene rings is 1. The highest BCUT2D eigenvalue weighted by molar-refractivity contribution is 5.78. The summed E-state index contributed by atoms with van der Waals surface area (Å²) in [5, 5.41) is 17.3. The van der Waals surface area contributed by atoms with E-state index >= 15 is 0 Å². The van der Waals surface area contributed by atoms with Gasteiger partial charge in [-0.15, -0.1) is 0 Å². The van der Waals surface area contributed by atoms with Crippen molar-refractivity contribution in [1.82, 2.24) is 25.8 Å². The molecule has 2 N–H and O–H groups in total. The standard InChI is InChI=1S/C15H15N5O2/c1-10-13(20-22-19-10)8-15(21)16-9-12-7-14(18-17-12)11-5-3-2-4-6-11/h2-7H,8-9H2,1H3,(H,16,21)(H,17,18). The lowest BCUT2D eigenvalue weighted by atomic mass is 10.1. The van der Waals surface area contributed by atoms with Crippen LogP contribution in [-0.2, 0) is 17.8 Å². The number of nitrogens with one attached hydrogen (secondary N) is 2. The molecule has 0 aliphatic rings. The van der Waals surface area contributed by atoms with Crippen molar-refractivity contribution in [2.45, 2.75) is 19.9 Å². The number of carbonyl (C=O) groups is 1. The van der Waals surface area contributed by atoms with E-state index in [-0.39, 0.29) is 12.3 Å². The number of nitrogens with zero attached hydrogens (tertiary/aromatic N) is 3. The molecule has 7 heteroatoms. The monoisotopic (exact) mass is 297 g/mol. The summed E-state index contributed by atoms with van der Waals surface area (Å²) in [6, 6.07) is 11.8. The Balaban J connectivity index is 1.57. The fraction of sp³-hybridized carbons (Fsp3) is 0.200. The van der Waals surface area contributed by atoms with E-state index in [9.17, 15) is 4.79 Å². The molecule has 1 aromatic carbocycles. The Bertz CT molecular complexity index is 763. The van der Waals surface area contributed by atoms with Crippen LogP contribution in [-0.4, -0.2) is 26.4 Å². The van der Waals surface area contributed by atoms with Crippen molar-refractivity contribution in [1.29, 1.82) is 0 Å². The summed E-state index contributed by atoms with van der Waals surface area (Å²) in [5.74, 6) is -0.144. The zero-order valence-electron chi connectivity index (χ0n) is 12.0. The van der Waals surface area contributed by atoms with Crippen LogP contribution in [0.2, 0.25) is 0 Å². The molecule has 7 nitrogen and oxygen atoms in total. The number of H-pyrrole nitrogens is 1. The van der Waals surface area contributed by atoms with E-state index in [2.05, 4.69) is 30.5 Å². The van der Waals surface area contributed by atoms with E-state index in [0.717, 1.165) is 17.0 Å². The lowest BCUT2D eigenvalue weighted by Crippen LogP contribution is -2.25. The molecule has 2 aromatic heterocycles. The molecule has 0 unspecified atom stereocenters. The van der Waals surface area contributed by atoms with E-state index in [0.29, 0.717) is 17.9 Å². The number of aryl methyl sites for hydroxylation is 1. The van der Waals surface area contributed by atoms with Crippen LogP contribution in [0.25, 0.3) is 11.3 Å². The lowest BCUT2D eigenvalue weighted by Gasteiger charge is -2.01. The first kappa shape index (κ1) is 14.0. The van der Waals surface area contributed by atoms with Crippen LogP contribution in [0.3, 0.4) is 0 Å². The molecule has 0 aliphatic heterocycles. The smallest absolute Gasteiger partial charge is 0.226 e. The van der Waals surface area contributed by atoms with Gasteiger partial charge in [0.2, 0.25) is 5.91 Å². The van der Waals surface area contributed by atoms with Crippen molar-refractivity contribution in [3.63, 3.8) is 0 Å². The van der Waals surface area contributed by atoms with Gasteiger partial charge in [-0.05, 0) is 13.0 Å². The van der Waals surface area contributed by atoms with Gasteiger partial charge in [0.1, 0.15) is 11.4 Å². The largest absolute Gasteiger partial charge is 0.350 e. The Labute approximate surface area is 126 Å². The maximum atomic E-state index is 11.9. The van der Waals surface area contributed by atoms with Crippen LogP contribution >= 0.6 is 0 Å². The predicted molar refractivity (Wildman–Crippen MR) is 78.6 cm³/mol. The van der Waals surface area contributed by atoms with Gasteiger partial charge in [0, 0.05) is 5.56 Å². The zero-order chi connectivity index (χ0) is 15.4. The molecule has 0 spiro atoms. The first-order valence-corrected chi connectivity index (χ1v) is 6.87. The molecule has 0 radical (unpaired) electrons. The van der Waals surface area contributed by atoms with Gasteiger partial charge in [0.25, 0.3) is 0 Å². The molecule has 3 rings (SSSR count). The van der Waals surface area contributed by atoms with Gasteiger partial charge in [0.05, 0.1) is 24.4 Å². The third-order valence-electron chi connectivity index (χ3n) is 3.25. The summed E-state index contributed by atoms with van der Waals surface area (Å²) in [6.07, 6.45) is 0.148. The number of aromatic nitrogens is 4. The van der Waals surface area contributed by atoms with Gasteiger partial charge >= 0.3 is 0 Å². The molecule has 3 aromatic rings. The molecule has 0 saturated carbocycles. The molecule has 2 heterocycles. The van der Waals surface area contributed by atoms with Gasteiger partial charge in [-0.3, -0.25) is 9.89 Å². The fourth-order valence-electron chi connectivity index (χ4n) is 2.03. The maximum absolute atomic E-state index is 11.9. The van der Waals surface area contributed by atoms with Crippen LogP contribution in [0.4, 0.5) is 0 Å². The van der Waals surface area contributed by atoms with Gasteiger partial charge in [-0.1, -0.05) is 40.6 Å². The maximum Gasteiger partial charge on any atom is 0.226 e. The normalized spacial score (nSPS) is 10.6. The number of hydrogen-bond acceptors (Lipinski definition) is 5. The van der Waals surface area contributed by atoms with Crippen molar-refractivity contribution in [2.24, 2.45) is 0 Å². The second-order valence-electron chi connectivity index (χ2n) is 4.89. The zero-order valence-corrected chi connectivity index (χ0v) is 12.0. The number of amides is 1. The summed E-state index contributed by atoms with van der Waals surface area (Å²) in [6.45, 7) is 2.13. The summed E-state index contributed by atoms with van der Waals surface area (Å²) in [5.41, 5.74) is 3.89. The Morgan fingerprint density at radius 2 is 2.09 bits per heavy atom. The summed E-state index contributed by atoms with van der Waals surface area (Å²) < 4.78 is 4.57. The van der Waals surface area contributed by atoms with Crippen LogP contribution in [0, 0.1) is 6.92 Å². The van der Waals surface area contributed by atoms with Crippen molar-refractivity contribution < 1.29 is 9.42 Å². The molecule has 0 fully saturated rings. The topological polar surface area (TPSA) is 96.7 Å². The number of carbonyl (C=O) groups excluding carboxylic acids is 1. The van der Waals surface area contributed by atoms with E-state index < -0.39 is 0 Å². The average molecular weight is 297 g/mol. The van der Waals surface area contributed by atoms with E-state index in [1.54, 1.807) is 6.92 Å². The minimum absolute atomic E-state index is 0.144. The molecular formula is C15H15N5O2. The Hall–Kier alpha value is -2.96. The third-order valence-corrected chi connectivity index (χ3v) is 3.25. The average Bonchev–Trinajstić information content (AvgIpc) is 3.16. The first-order chi connectivity index (χ1) is 10.7.